The van der Waals surface area contributed by atoms with Gasteiger partial charge >= 0.3 is 11.7 Å². The van der Waals surface area contributed by atoms with Crippen molar-refractivity contribution in [2.45, 2.75) is 32.9 Å². The summed E-state index contributed by atoms with van der Waals surface area (Å²) in [4.78, 5) is 53.7. The topological polar surface area (TPSA) is 146 Å². The molecule has 0 radical (unpaired) electrons. The normalized spacial score (nSPS) is 13.1. The molecule has 10 nitrogen and oxygen atoms in total. The van der Waals surface area contributed by atoms with Gasteiger partial charge in [0.1, 0.15) is 6.04 Å². The predicted octanol–water partition coefficient (Wildman–Crippen LogP) is 1.77. The number of imidazole rings is 1. The first-order valence-electron chi connectivity index (χ1n) is 9.32. The highest BCUT2D eigenvalue weighted by atomic mass is 16.5. The minimum atomic E-state index is -1.11. The van der Waals surface area contributed by atoms with Crippen LogP contribution in [-0.2, 0) is 14.3 Å². The van der Waals surface area contributed by atoms with E-state index in [1.54, 1.807) is 38.1 Å². The van der Waals surface area contributed by atoms with Crippen LogP contribution in [0.25, 0.3) is 11.0 Å². The number of fused-ring (bicyclic) bond motifs is 1. The average molecular weight is 414 g/mol. The number of benzene rings is 1. The first-order chi connectivity index (χ1) is 14.2. The summed E-state index contributed by atoms with van der Waals surface area (Å²) in [5.74, 6) is -2.06. The summed E-state index contributed by atoms with van der Waals surface area (Å²) >= 11 is 0. The van der Waals surface area contributed by atoms with E-state index in [1.165, 1.54) is 19.3 Å². The van der Waals surface area contributed by atoms with Crippen molar-refractivity contribution >= 4 is 34.5 Å². The molecule has 2 aromatic heterocycles. The van der Waals surface area contributed by atoms with Crippen molar-refractivity contribution in [1.29, 1.82) is 0 Å². The highest BCUT2D eigenvalue weighted by Gasteiger charge is 2.30. The second kappa shape index (κ2) is 8.68. The summed E-state index contributed by atoms with van der Waals surface area (Å²) in [5, 5.41) is 5.18. The first kappa shape index (κ1) is 20.9. The molecule has 2 amide bonds. The monoisotopic (exact) mass is 414 g/mol. The average Bonchev–Trinajstić information content (AvgIpc) is 3.33. The molecule has 0 aliphatic heterocycles. The number of carbonyl (C=O) groups excluding carboxylic acids is 3. The number of hydrogen-bond acceptors (Lipinski definition) is 6. The van der Waals surface area contributed by atoms with Gasteiger partial charge in [-0.05, 0) is 43.2 Å². The van der Waals surface area contributed by atoms with E-state index in [0.717, 1.165) is 0 Å². The summed E-state index contributed by atoms with van der Waals surface area (Å²) in [5.41, 5.74) is 1.21. The van der Waals surface area contributed by atoms with Crippen molar-refractivity contribution < 1.29 is 23.5 Å². The molecule has 0 aliphatic carbocycles. The lowest BCUT2D eigenvalue weighted by Crippen LogP contribution is -2.47. The van der Waals surface area contributed by atoms with Gasteiger partial charge in [0.05, 0.1) is 17.3 Å². The fourth-order valence-electron chi connectivity index (χ4n) is 2.77. The van der Waals surface area contributed by atoms with Gasteiger partial charge in [0, 0.05) is 5.69 Å². The van der Waals surface area contributed by atoms with Gasteiger partial charge < -0.3 is 29.8 Å². The van der Waals surface area contributed by atoms with Crippen molar-refractivity contribution in [1.82, 2.24) is 15.3 Å². The molecule has 0 unspecified atom stereocenters. The van der Waals surface area contributed by atoms with E-state index in [1.807, 2.05) is 0 Å². The quantitative estimate of drug-likeness (QED) is 0.433. The van der Waals surface area contributed by atoms with E-state index in [4.69, 9.17) is 9.15 Å². The Hall–Kier alpha value is -3.82. The van der Waals surface area contributed by atoms with Crippen molar-refractivity contribution in [3.8, 4) is 0 Å². The number of ether oxygens (including phenoxy) is 1. The number of rotatable bonds is 7. The predicted molar refractivity (Wildman–Crippen MR) is 108 cm³/mol. The third-order valence-electron chi connectivity index (χ3n) is 4.40. The number of esters is 1. The Kier molecular flexibility index (Phi) is 6.05. The number of furan rings is 1. The second-order valence-electron chi connectivity index (χ2n) is 7.08. The number of H-pyrrole nitrogens is 2. The van der Waals surface area contributed by atoms with Crippen LogP contribution in [0, 0.1) is 5.92 Å². The zero-order valence-corrected chi connectivity index (χ0v) is 16.6. The number of anilines is 1. The summed E-state index contributed by atoms with van der Waals surface area (Å²) in [6.45, 7) is 4.91. The third kappa shape index (κ3) is 4.77. The van der Waals surface area contributed by atoms with Crippen molar-refractivity contribution in [3.63, 3.8) is 0 Å². The van der Waals surface area contributed by atoms with Crippen LogP contribution in [-0.4, -0.2) is 39.9 Å². The van der Waals surface area contributed by atoms with Gasteiger partial charge in [-0.25, -0.2) is 9.59 Å². The maximum Gasteiger partial charge on any atom is 0.329 e. The summed E-state index contributed by atoms with van der Waals surface area (Å²) < 4.78 is 10.3. The van der Waals surface area contributed by atoms with Crippen LogP contribution >= 0.6 is 0 Å². The molecule has 0 aliphatic rings. The summed E-state index contributed by atoms with van der Waals surface area (Å²) in [6.07, 6.45) is 0.241. The maximum atomic E-state index is 12.5. The number of hydrogen-bond donors (Lipinski definition) is 4. The maximum absolute atomic E-state index is 12.5. The van der Waals surface area contributed by atoms with Crippen LogP contribution in [0.4, 0.5) is 5.69 Å². The molecular formula is C20H22N4O6. The minimum absolute atomic E-state index is 0.0671. The van der Waals surface area contributed by atoms with E-state index in [-0.39, 0.29) is 17.4 Å². The minimum Gasteiger partial charge on any atom is -0.459 e. The van der Waals surface area contributed by atoms with Gasteiger partial charge in [-0.1, -0.05) is 13.8 Å². The molecule has 0 saturated heterocycles. The lowest BCUT2D eigenvalue weighted by Gasteiger charge is -2.22. The zero-order chi connectivity index (χ0) is 21.8. The molecule has 10 heteroatoms. The Bertz CT molecular complexity index is 1110. The second-order valence-corrected chi connectivity index (χ2v) is 7.08. The molecule has 0 bridgehead atoms. The van der Waals surface area contributed by atoms with Crippen molar-refractivity contribution in [2.75, 3.05) is 5.32 Å². The molecule has 2 atom stereocenters. The number of amides is 2. The lowest BCUT2D eigenvalue weighted by molar-refractivity contribution is -0.156. The standard InChI is InChI=1S/C20H22N4O6/c1-10(2)16(24-18(26)15-5-4-8-29-15)19(27)30-11(3)17(25)21-12-6-7-13-14(9-12)23-20(28)22-13/h4-11,16H,1-3H3,(H,21,25)(H,24,26)(H2,22,23,28)/t11-,16-/m0/s1. The van der Waals surface area contributed by atoms with Crippen LogP contribution < -0.4 is 16.3 Å². The molecule has 1 aromatic carbocycles. The Labute approximate surface area is 171 Å². The van der Waals surface area contributed by atoms with Crippen LogP contribution in [0.5, 0.6) is 0 Å². The van der Waals surface area contributed by atoms with Crippen LogP contribution in [0.1, 0.15) is 31.3 Å². The molecular weight excluding hydrogens is 392 g/mol. The Morgan fingerprint density at radius 2 is 1.80 bits per heavy atom. The fourth-order valence-corrected chi connectivity index (χ4v) is 2.77. The fraction of sp³-hybridized carbons (Fsp3) is 0.300. The van der Waals surface area contributed by atoms with Gasteiger partial charge in [0.15, 0.2) is 11.9 Å². The smallest absolute Gasteiger partial charge is 0.329 e. The van der Waals surface area contributed by atoms with Gasteiger partial charge in [-0.3, -0.25) is 9.59 Å². The highest BCUT2D eigenvalue weighted by molar-refractivity contribution is 5.98. The van der Waals surface area contributed by atoms with Crippen LogP contribution in [0.15, 0.2) is 45.8 Å². The van der Waals surface area contributed by atoms with E-state index in [2.05, 4.69) is 20.6 Å². The SMILES string of the molecule is CC(C)[C@H](NC(=O)c1ccco1)C(=O)O[C@@H](C)C(=O)Nc1ccc2[nH]c(=O)[nH]c2c1. The van der Waals surface area contributed by atoms with Crippen LogP contribution in [0.3, 0.4) is 0 Å². The lowest BCUT2D eigenvalue weighted by atomic mass is 10.0. The van der Waals surface area contributed by atoms with Crippen LogP contribution in [0.2, 0.25) is 0 Å². The molecule has 3 aromatic rings. The summed E-state index contributed by atoms with van der Waals surface area (Å²) in [7, 11) is 0. The molecule has 2 heterocycles. The number of carbonyl (C=O) groups is 3. The van der Waals surface area contributed by atoms with Gasteiger partial charge in [-0.15, -0.1) is 0 Å². The first-order valence-corrected chi connectivity index (χ1v) is 9.32. The van der Waals surface area contributed by atoms with Gasteiger partial charge in [0.2, 0.25) is 0 Å². The highest BCUT2D eigenvalue weighted by Crippen LogP contribution is 2.15. The van der Waals surface area contributed by atoms with Gasteiger partial charge in [-0.2, -0.15) is 0 Å². The van der Waals surface area contributed by atoms with E-state index in [0.29, 0.717) is 16.7 Å². The molecule has 3 rings (SSSR count). The Morgan fingerprint density at radius 1 is 1.07 bits per heavy atom. The zero-order valence-electron chi connectivity index (χ0n) is 16.6. The molecule has 0 saturated carbocycles. The number of aromatic nitrogens is 2. The van der Waals surface area contributed by atoms with Gasteiger partial charge in [0.25, 0.3) is 11.8 Å². The molecule has 4 N–H and O–H groups in total. The van der Waals surface area contributed by atoms with Crippen molar-refractivity contribution in [2.24, 2.45) is 5.92 Å². The molecule has 30 heavy (non-hydrogen) atoms. The Morgan fingerprint density at radius 3 is 2.47 bits per heavy atom. The third-order valence-corrected chi connectivity index (χ3v) is 4.40. The van der Waals surface area contributed by atoms with E-state index < -0.39 is 29.9 Å². The number of nitrogens with one attached hydrogen (secondary N) is 4. The summed E-state index contributed by atoms with van der Waals surface area (Å²) in [6, 6.07) is 6.91. The van der Waals surface area contributed by atoms with E-state index in [9.17, 15) is 19.2 Å². The Balaban J connectivity index is 1.62. The van der Waals surface area contributed by atoms with Crippen molar-refractivity contribution in [3.05, 3.63) is 52.8 Å². The molecule has 158 valence electrons. The largest absolute Gasteiger partial charge is 0.459 e. The number of aromatic amines is 2. The molecule has 0 fully saturated rings. The van der Waals surface area contributed by atoms with E-state index >= 15 is 0 Å². The molecule has 0 spiro atoms.